The van der Waals surface area contributed by atoms with E-state index in [1.54, 1.807) is 48.5 Å². The first kappa shape index (κ1) is 21.1. The number of nitrogens with one attached hydrogen (secondary N) is 1. The van der Waals surface area contributed by atoms with E-state index in [4.69, 9.17) is 25.8 Å². The minimum atomic E-state index is -0.538. The van der Waals surface area contributed by atoms with Crippen LogP contribution in [0.25, 0.3) is 0 Å². The number of esters is 1. The smallest absolute Gasteiger partial charge is 0.307 e. The molecule has 0 unspecified atom stereocenters. The molecular formula is C22H24ClNO5. The van der Waals surface area contributed by atoms with Crippen LogP contribution in [-0.4, -0.2) is 38.3 Å². The fourth-order valence-corrected chi connectivity index (χ4v) is 3.26. The minimum Gasteiger partial charge on any atom is -0.491 e. The number of carbonyl (C=O) groups is 2. The van der Waals surface area contributed by atoms with Crippen LogP contribution >= 0.6 is 11.6 Å². The molecular weight excluding hydrogens is 394 g/mol. The standard InChI is InChI=1S/C22H24ClNO5/c1-27-21(25)13-20(15-7-9-17(23)10-8-15)24-22(26)16-4-2-5-18(12-16)29-14-19-6-3-11-28-19/h2,4-5,7-10,12,19-20H,3,6,11,13-14H2,1H3,(H,24,26)/t19-,20+/m0/s1. The second-order valence-electron chi connectivity index (χ2n) is 6.83. The van der Waals surface area contributed by atoms with Gasteiger partial charge in [-0.15, -0.1) is 0 Å². The number of ether oxygens (including phenoxy) is 3. The predicted molar refractivity (Wildman–Crippen MR) is 109 cm³/mol. The van der Waals surface area contributed by atoms with E-state index in [-0.39, 0.29) is 18.4 Å². The van der Waals surface area contributed by atoms with Crippen LogP contribution in [0.5, 0.6) is 5.75 Å². The van der Waals surface area contributed by atoms with E-state index >= 15 is 0 Å². The Balaban J connectivity index is 1.68. The SMILES string of the molecule is COC(=O)C[C@@H](NC(=O)c1cccc(OC[C@@H]2CCCO2)c1)c1ccc(Cl)cc1. The summed E-state index contributed by atoms with van der Waals surface area (Å²) in [4.78, 5) is 24.6. The molecule has 0 aliphatic carbocycles. The zero-order valence-electron chi connectivity index (χ0n) is 16.2. The van der Waals surface area contributed by atoms with Gasteiger partial charge in [0.1, 0.15) is 12.4 Å². The van der Waals surface area contributed by atoms with E-state index in [0.29, 0.717) is 22.9 Å². The van der Waals surface area contributed by atoms with Crippen molar-refractivity contribution < 1.29 is 23.8 Å². The Hall–Kier alpha value is -2.57. The van der Waals surface area contributed by atoms with Gasteiger partial charge in [0, 0.05) is 17.2 Å². The third-order valence-electron chi connectivity index (χ3n) is 4.73. The van der Waals surface area contributed by atoms with Crippen LogP contribution in [0.1, 0.15) is 41.2 Å². The summed E-state index contributed by atoms with van der Waals surface area (Å²) < 4.78 is 16.1. The molecule has 2 atom stereocenters. The molecule has 6 nitrogen and oxygen atoms in total. The number of methoxy groups -OCH3 is 1. The van der Waals surface area contributed by atoms with Crippen molar-refractivity contribution in [2.45, 2.75) is 31.4 Å². The monoisotopic (exact) mass is 417 g/mol. The fourth-order valence-electron chi connectivity index (χ4n) is 3.13. The molecule has 0 spiro atoms. The third kappa shape index (κ3) is 6.21. The fraction of sp³-hybridized carbons (Fsp3) is 0.364. The normalized spacial score (nSPS) is 16.8. The van der Waals surface area contributed by atoms with Crippen LogP contribution in [0, 0.1) is 0 Å². The first-order valence-electron chi connectivity index (χ1n) is 9.53. The molecule has 1 N–H and O–H groups in total. The van der Waals surface area contributed by atoms with Crippen molar-refractivity contribution in [3.8, 4) is 5.75 Å². The predicted octanol–water partition coefficient (Wildman–Crippen LogP) is 3.93. The van der Waals surface area contributed by atoms with E-state index in [9.17, 15) is 9.59 Å². The highest BCUT2D eigenvalue weighted by Crippen LogP contribution is 2.22. The topological polar surface area (TPSA) is 73.9 Å². The summed E-state index contributed by atoms with van der Waals surface area (Å²) in [5.41, 5.74) is 1.21. The molecule has 0 bridgehead atoms. The van der Waals surface area contributed by atoms with Gasteiger partial charge in [-0.25, -0.2) is 0 Å². The molecule has 0 saturated carbocycles. The Morgan fingerprint density at radius 2 is 2.03 bits per heavy atom. The Morgan fingerprint density at radius 1 is 1.24 bits per heavy atom. The quantitative estimate of drug-likeness (QED) is 0.659. The van der Waals surface area contributed by atoms with E-state index in [1.165, 1.54) is 7.11 Å². The van der Waals surface area contributed by atoms with Gasteiger partial charge in [0.15, 0.2) is 0 Å². The number of carbonyl (C=O) groups excluding carboxylic acids is 2. The largest absolute Gasteiger partial charge is 0.491 e. The molecule has 29 heavy (non-hydrogen) atoms. The summed E-state index contributed by atoms with van der Waals surface area (Å²) in [5.74, 6) is -0.125. The molecule has 1 aliphatic rings. The van der Waals surface area contributed by atoms with Crippen molar-refractivity contribution in [2.75, 3.05) is 20.3 Å². The molecule has 0 radical (unpaired) electrons. The van der Waals surface area contributed by atoms with Gasteiger partial charge in [-0.1, -0.05) is 29.8 Å². The summed E-state index contributed by atoms with van der Waals surface area (Å²) in [7, 11) is 1.32. The summed E-state index contributed by atoms with van der Waals surface area (Å²) in [6, 6.07) is 13.4. The van der Waals surface area contributed by atoms with Gasteiger partial charge in [-0.05, 0) is 48.7 Å². The van der Waals surface area contributed by atoms with E-state index < -0.39 is 12.0 Å². The molecule has 1 heterocycles. The number of rotatable bonds is 8. The first-order valence-corrected chi connectivity index (χ1v) is 9.90. The average molecular weight is 418 g/mol. The molecule has 2 aromatic rings. The van der Waals surface area contributed by atoms with E-state index in [0.717, 1.165) is 25.0 Å². The Bertz CT molecular complexity index is 833. The molecule has 3 rings (SSSR count). The van der Waals surface area contributed by atoms with Gasteiger partial charge in [-0.2, -0.15) is 0 Å². The first-order chi connectivity index (χ1) is 14.0. The molecule has 2 aromatic carbocycles. The summed E-state index contributed by atoms with van der Waals surface area (Å²) in [5, 5.41) is 3.47. The van der Waals surface area contributed by atoms with Crippen molar-refractivity contribution in [1.29, 1.82) is 0 Å². The molecule has 1 amide bonds. The minimum absolute atomic E-state index is 0.0130. The van der Waals surface area contributed by atoms with Gasteiger partial charge >= 0.3 is 5.97 Å². The van der Waals surface area contributed by atoms with Gasteiger partial charge in [0.2, 0.25) is 0 Å². The van der Waals surface area contributed by atoms with Crippen molar-refractivity contribution in [2.24, 2.45) is 0 Å². The lowest BCUT2D eigenvalue weighted by Gasteiger charge is -2.19. The maximum Gasteiger partial charge on any atom is 0.307 e. The second kappa shape index (κ2) is 10.3. The number of hydrogen-bond acceptors (Lipinski definition) is 5. The Morgan fingerprint density at radius 3 is 2.72 bits per heavy atom. The average Bonchev–Trinajstić information content (AvgIpc) is 3.26. The molecule has 1 saturated heterocycles. The molecule has 1 aliphatic heterocycles. The number of hydrogen-bond donors (Lipinski definition) is 1. The lowest BCUT2D eigenvalue weighted by atomic mass is 10.0. The Labute approximate surface area is 175 Å². The summed E-state index contributed by atoms with van der Waals surface area (Å²) in [6.07, 6.45) is 2.14. The highest BCUT2D eigenvalue weighted by atomic mass is 35.5. The summed E-state index contributed by atoms with van der Waals surface area (Å²) in [6.45, 7) is 1.23. The lowest BCUT2D eigenvalue weighted by molar-refractivity contribution is -0.141. The highest BCUT2D eigenvalue weighted by molar-refractivity contribution is 6.30. The highest BCUT2D eigenvalue weighted by Gasteiger charge is 2.20. The van der Waals surface area contributed by atoms with Crippen LogP contribution < -0.4 is 10.1 Å². The number of halogens is 1. The maximum absolute atomic E-state index is 12.8. The van der Waals surface area contributed by atoms with E-state index in [1.807, 2.05) is 0 Å². The van der Waals surface area contributed by atoms with E-state index in [2.05, 4.69) is 5.32 Å². The van der Waals surface area contributed by atoms with Crippen LogP contribution in [0.15, 0.2) is 48.5 Å². The van der Waals surface area contributed by atoms with Crippen LogP contribution in [0.4, 0.5) is 0 Å². The number of benzene rings is 2. The zero-order chi connectivity index (χ0) is 20.6. The van der Waals surface area contributed by atoms with Gasteiger partial charge in [0.25, 0.3) is 5.91 Å². The van der Waals surface area contributed by atoms with Crippen molar-refractivity contribution >= 4 is 23.5 Å². The van der Waals surface area contributed by atoms with Crippen LogP contribution in [0.2, 0.25) is 5.02 Å². The maximum atomic E-state index is 12.8. The van der Waals surface area contributed by atoms with Crippen molar-refractivity contribution in [3.05, 3.63) is 64.7 Å². The van der Waals surface area contributed by atoms with Crippen LogP contribution in [-0.2, 0) is 14.3 Å². The Kier molecular flexibility index (Phi) is 7.49. The number of amides is 1. The van der Waals surface area contributed by atoms with Crippen LogP contribution in [0.3, 0.4) is 0 Å². The van der Waals surface area contributed by atoms with Gasteiger partial charge in [-0.3, -0.25) is 9.59 Å². The molecule has 154 valence electrons. The second-order valence-corrected chi connectivity index (χ2v) is 7.27. The van der Waals surface area contributed by atoms with Gasteiger partial charge < -0.3 is 19.5 Å². The molecule has 1 fully saturated rings. The van der Waals surface area contributed by atoms with Crippen molar-refractivity contribution in [1.82, 2.24) is 5.32 Å². The van der Waals surface area contributed by atoms with Gasteiger partial charge in [0.05, 0.1) is 25.7 Å². The molecule has 7 heteroatoms. The zero-order valence-corrected chi connectivity index (χ0v) is 17.0. The molecule has 0 aromatic heterocycles. The summed E-state index contributed by atoms with van der Waals surface area (Å²) >= 11 is 5.94. The third-order valence-corrected chi connectivity index (χ3v) is 4.98. The lowest BCUT2D eigenvalue weighted by Crippen LogP contribution is -2.30. The van der Waals surface area contributed by atoms with Crippen molar-refractivity contribution in [3.63, 3.8) is 0 Å².